The van der Waals surface area contributed by atoms with Gasteiger partial charge < -0.3 is 10.1 Å². The molecule has 2 nitrogen and oxygen atoms in total. The molecule has 0 spiro atoms. The lowest BCUT2D eigenvalue weighted by Crippen LogP contribution is -2.26. The highest BCUT2D eigenvalue weighted by Crippen LogP contribution is 2.30. The van der Waals surface area contributed by atoms with E-state index in [9.17, 15) is 0 Å². The number of ether oxygens (including phenoxy) is 1. The van der Waals surface area contributed by atoms with E-state index < -0.39 is 0 Å². The first-order valence-electron chi connectivity index (χ1n) is 8.63. The molecule has 1 aromatic rings. The van der Waals surface area contributed by atoms with Gasteiger partial charge in [0.1, 0.15) is 5.75 Å². The van der Waals surface area contributed by atoms with E-state index >= 15 is 0 Å². The second kappa shape index (κ2) is 8.43. The van der Waals surface area contributed by atoms with Gasteiger partial charge in [0, 0.05) is 6.54 Å². The predicted octanol–water partition coefficient (Wildman–Crippen LogP) is 4.78. The fraction of sp³-hybridized carbons (Fsp3) is 0.684. The van der Waals surface area contributed by atoms with Crippen LogP contribution in [0.4, 0.5) is 0 Å². The van der Waals surface area contributed by atoms with E-state index in [1.165, 1.54) is 44.2 Å². The van der Waals surface area contributed by atoms with Crippen molar-refractivity contribution in [2.24, 2.45) is 11.8 Å². The summed E-state index contributed by atoms with van der Waals surface area (Å²) in [5.74, 6) is 2.85. The van der Waals surface area contributed by atoms with Crippen LogP contribution in [0, 0.1) is 11.8 Å². The molecule has 0 bridgehead atoms. The zero-order valence-electron chi connectivity index (χ0n) is 13.9. The van der Waals surface area contributed by atoms with E-state index in [1.807, 2.05) is 0 Å². The summed E-state index contributed by atoms with van der Waals surface area (Å²) in [4.78, 5) is 0. The molecule has 0 heterocycles. The van der Waals surface area contributed by atoms with Crippen molar-refractivity contribution in [1.29, 1.82) is 0 Å². The Morgan fingerprint density at radius 1 is 1.05 bits per heavy atom. The van der Waals surface area contributed by atoms with Gasteiger partial charge in [-0.25, -0.2) is 0 Å². The quantitative estimate of drug-likeness (QED) is 0.780. The summed E-state index contributed by atoms with van der Waals surface area (Å²) in [6, 6.07) is 8.48. The normalized spacial score (nSPS) is 22.5. The third-order valence-corrected chi connectivity index (χ3v) is 4.60. The van der Waals surface area contributed by atoms with Gasteiger partial charge in [-0.2, -0.15) is 0 Å². The Bertz CT molecular complexity index is 391. The van der Waals surface area contributed by atoms with E-state index in [0.29, 0.717) is 0 Å². The first-order valence-corrected chi connectivity index (χ1v) is 8.63. The SMILES string of the molecule is CCC1CCC(CNCc2ccc(OC(C)C)cc2)CC1. The number of benzene rings is 1. The lowest BCUT2D eigenvalue weighted by molar-refractivity contribution is 0.242. The molecule has 1 saturated carbocycles. The van der Waals surface area contributed by atoms with Gasteiger partial charge >= 0.3 is 0 Å². The second-order valence-corrected chi connectivity index (χ2v) is 6.74. The van der Waals surface area contributed by atoms with Crippen LogP contribution in [-0.2, 0) is 6.54 Å². The first kappa shape index (κ1) is 16.4. The minimum Gasteiger partial charge on any atom is -0.491 e. The molecular formula is C19H31NO. The largest absolute Gasteiger partial charge is 0.491 e. The van der Waals surface area contributed by atoms with Gasteiger partial charge in [0.2, 0.25) is 0 Å². The van der Waals surface area contributed by atoms with Crippen molar-refractivity contribution in [3.05, 3.63) is 29.8 Å². The molecule has 2 rings (SSSR count). The monoisotopic (exact) mass is 289 g/mol. The van der Waals surface area contributed by atoms with Crippen LogP contribution in [0.25, 0.3) is 0 Å². The molecular weight excluding hydrogens is 258 g/mol. The smallest absolute Gasteiger partial charge is 0.119 e. The predicted molar refractivity (Wildman–Crippen MR) is 89.7 cm³/mol. The highest BCUT2D eigenvalue weighted by molar-refractivity contribution is 5.27. The van der Waals surface area contributed by atoms with E-state index in [-0.39, 0.29) is 6.10 Å². The molecule has 118 valence electrons. The van der Waals surface area contributed by atoms with E-state index in [1.54, 1.807) is 0 Å². The minimum atomic E-state index is 0.243. The van der Waals surface area contributed by atoms with Crippen LogP contribution in [0.15, 0.2) is 24.3 Å². The van der Waals surface area contributed by atoms with Gasteiger partial charge in [-0.15, -0.1) is 0 Å². The Kier molecular flexibility index (Phi) is 6.56. The van der Waals surface area contributed by atoms with Crippen LogP contribution in [-0.4, -0.2) is 12.6 Å². The molecule has 1 aliphatic rings. The van der Waals surface area contributed by atoms with Crippen molar-refractivity contribution in [2.45, 2.75) is 65.5 Å². The molecule has 1 aromatic carbocycles. The molecule has 0 saturated heterocycles. The molecule has 1 aliphatic carbocycles. The van der Waals surface area contributed by atoms with Gasteiger partial charge in [-0.3, -0.25) is 0 Å². The minimum absolute atomic E-state index is 0.243. The molecule has 2 heteroatoms. The zero-order chi connectivity index (χ0) is 15.1. The summed E-state index contributed by atoms with van der Waals surface area (Å²) in [7, 11) is 0. The second-order valence-electron chi connectivity index (χ2n) is 6.74. The summed E-state index contributed by atoms with van der Waals surface area (Å²) >= 11 is 0. The van der Waals surface area contributed by atoms with Gasteiger partial charge in [0.05, 0.1) is 6.10 Å². The van der Waals surface area contributed by atoms with Gasteiger partial charge in [-0.05, 0) is 62.8 Å². The summed E-state index contributed by atoms with van der Waals surface area (Å²) in [5.41, 5.74) is 1.34. The Balaban J connectivity index is 1.67. The highest BCUT2D eigenvalue weighted by atomic mass is 16.5. The fourth-order valence-electron chi connectivity index (χ4n) is 3.22. The fourth-order valence-corrected chi connectivity index (χ4v) is 3.22. The van der Waals surface area contributed by atoms with Crippen LogP contribution in [0.1, 0.15) is 58.4 Å². The number of nitrogens with one attached hydrogen (secondary N) is 1. The maximum absolute atomic E-state index is 5.67. The molecule has 21 heavy (non-hydrogen) atoms. The first-order chi connectivity index (χ1) is 10.2. The van der Waals surface area contributed by atoms with Gasteiger partial charge in [0.25, 0.3) is 0 Å². The number of rotatable bonds is 7. The van der Waals surface area contributed by atoms with Crippen LogP contribution in [0.3, 0.4) is 0 Å². The molecule has 0 aliphatic heterocycles. The number of hydrogen-bond acceptors (Lipinski definition) is 2. The van der Waals surface area contributed by atoms with Crippen molar-refractivity contribution in [3.8, 4) is 5.75 Å². The maximum Gasteiger partial charge on any atom is 0.119 e. The summed E-state index contributed by atoms with van der Waals surface area (Å²) < 4.78 is 5.67. The molecule has 0 radical (unpaired) electrons. The average molecular weight is 289 g/mol. The van der Waals surface area contributed by atoms with Crippen molar-refractivity contribution in [3.63, 3.8) is 0 Å². The lowest BCUT2D eigenvalue weighted by Gasteiger charge is -2.27. The molecule has 0 atom stereocenters. The van der Waals surface area contributed by atoms with Gasteiger partial charge in [-0.1, -0.05) is 38.3 Å². The van der Waals surface area contributed by atoms with Gasteiger partial charge in [0.15, 0.2) is 0 Å². The summed E-state index contributed by atoms with van der Waals surface area (Å²) in [6.07, 6.45) is 7.30. The maximum atomic E-state index is 5.67. The van der Waals surface area contributed by atoms with E-state index in [0.717, 1.165) is 24.1 Å². The standard InChI is InChI=1S/C19H31NO/c1-4-16-5-7-17(8-6-16)13-20-14-18-9-11-19(12-10-18)21-15(2)3/h9-12,15-17,20H,4-8,13-14H2,1-3H3. The number of hydrogen-bond donors (Lipinski definition) is 1. The Labute approximate surface area is 130 Å². The highest BCUT2D eigenvalue weighted by Gasteiger charge is 2.19. The molecule has 0 aromatic heterocycles. The topological polar surface area (TPSA) is 21.3 Å². The molecule has 1 fully saturated rings. The average Bonchev–Trinajstić information content (AvgIpc) is 2.49. The Hall–Kier alpha value is -1.02. The van der Waals surface area contributed by atoms with Crippen LogP contribution in [0.5, 0.6) is 5.75 Å². The molecule has 0 amide bonds. The third kappa shape index (κ3) is 5.70. The molecule has 0 unspecified atom stereocenters. The lowest BCUT2D eigenvalue weighted by atomic mass is 9.81. The van der Waals surface area contributed by atoms with Crippen molar-refractivity contribution >= 4 is 0 Å². The summed E-state index contributed by atoms with van der Waals surface area (Å²) in [6.45, 7) is 8.58. The van der Waals surface area contributed by atoms with Crippen molar-refractivity contribution in [2.75, 3.05) is 6.54 Å². The van der Waals surface area contributed by atoms with Crippen LogP contribution >= 0.6 is 0 Å². The van der Waals surface area contributed by atoms with Crippen LogP contribution in [0.2, 0.25) is 0 Å². The van der Waals surface area contributed by atoms with Crippen molar-refractivity contribution in [1.82, 2.24) is 5.32 Å². The Morgan fingerprint density at radius 3 is 2.24 bits per heavy atom. The van der Waals surface area contributed by atoms with Crippen LogP contribution < -0.4 is 10.1 Å². The summed E-state index contributed by atoms with van der Waals surface area (Å²) in [5, 5.41) is 3.62. The zero-order valence-corrected chi connectivity index (χ0v) is 13.9. The van der Waals surface area contributed by atoms with E-state index in [4.69, 9.17) is 4.74 Å². The Morgan fingerprint density at radius 2 is 1.67 bits per heavy atom. The third-order valence-electron chi connectivity index (χ3n) is 4.60. The molecule has 1 N–H and O–H groups in total. The van der Waals surface area contributed by atoms with E-state index in [2.05, 4.69) is 50.4 Å². The van der Waals surface area contributed by atoms with Crippen molar-refractivity contribution < 1.29 is 4.74 Å².